The molecule has 0 aliphatic carbocycles. The molecule has 0 spiro atoms. The highest BCUT2D eigenvalue weighted by molar-refractivity contribution is 7.89. The summed E-state index contributed by atoms with van der Waals surface area (Å²) in [6.45, 7) is 4.45. The number of hydrogen-bond acceptors (Lipinski definition) is 4. The fourth-order valence-electron chi connectivity index (χ4n) is 3.63. The minimum Gasteiger partial charge on any atom is -0.496 e. The molecule has 1 saturated heterocycles. The summed E-state index contributed by atoms with van der Waals surface area (Å²) in [5, 5.41) is 3.00. The van der Waals surface area contributed by atoms with Gasteiger partial charge in [0.2, 0.25) is 10.0 Å². The lowest BCUT2D eigenvalue weighted by Crippen LogP contribution is -2.46. The Hall–Kier alpha value is -2.38. The molecule has 1 aliphatic rings. The molecular weight excluding hydrogens is 376 g/mol. The lowest BCUT2D eigenvalue weighted by atomic mass is 10.1. The lowest BCUT2D eigenvalue weighted by molar-refractivity contribution is 0.0924. The van der Waals surface area contributed by atoms with Gasteiger partial charge in [-0.3, -0.25) is 4.79 Å². The Morgan fingerprint density at radius 3 is 2.18 bits per heavy atom. The second-order valence-corrected chi connectivity index (χ2v) is 9.05. The molecule has 1 heterocycles. The summed E-state index contributed by atoms with van der Waals surface area (Å²) < 4.78 is 32.9. The van der Waals surface area contributed by atoms with Gasteiger partial charge in [0.05, 0.1) is 12.0 Å². The molecule has 150 valence electrons. The van der Waals surface area contributed by atoms with Gasteiger partial charge >= 0.3 is 0 Å². The highest BCUT2D eigenvalue weighted by Gasteiger charge is 2.30. The fraction of sp³-hybridized carbons (Fsp3) is 0.381. The van der Waals surface area contributed by atoms with Crippen LogP contribution in [0, 0.1) is 13.8 Å². The van der Waals surface area contributed by atoms with Gasteiger partial charge in [-0.25, -0.2) is 8.42 Å². The molecule has 6 nitrogen and oxygen atoms in total. The summed E-state index contributed by atoms with van der Waals surface area (Å²) in [5.41, 5.74) is 2.21. The second-order valence-electron chi connectivity index (χ2n) is 7.11. The topological polar surface area (TPSA) is 75.7 Å². The highest BCUT2D eigenvalue weighted by atomic mass is 32.2. The van der Waals surface area contributed by atoms with Crippen LogP contribution in [0.1, 0.15) is 34.3 Å². The summed E-state index contributed by atoms with van der Waals surface area (Å²) in [4.78, 5) is 12.6. The van der Waals surface area contributed by atoms with E-state index in [2.05, 4.69) is 5.32 Å². The van der Waals surface area contributed by atoms with E-state index >= 15 is 0 Å². The predicted molar refractivity (Wildman–Crippen MR) is 108 cm³/mol. The molecule has 1 N–H and O–H groups in total. The summed E-state index contributed by atoms with van der Waals surface area (Å²) in [7, 11) is -1.99. The molecular formula is C21H26N2O4S. The molecule has 0 atom stereocenters. The molecule has 2 aromatic carbocycles. The van der Waals surface area contributed by atoms with E-state index < -0.39 is 10.0 Å². The Morgan fingerprint density at radius 2 is 1.64 bits per heavy atom. The first kappa shape index (κ1) is 20.4. The molecule has 0 bridgehead atoms. The van der Waals surface area contributed by atoms with E-state index in [1.165, 1.54) is 4.31 Å². The van der Waals surface area contributed by atoms with Crippen LogP contribution >= 0.6 is 0 Å². The third kappa shape index (κ3) is 4.20. The number of piperidine rings is 1. The number of carbonyl (C=O) groups excluding carboxylic acids is 1. The van der Waals surface area contributed by atoms with Crippen molar-refractivity contribution in [1.29, 1.82) is 0 Å². The van der Waals surface area contributed by atoms with E-state index in [0.29, 0.717) is 37.2 Å². The van der Waals surface area contributed by atoms with Crippen LogP contribution in [0.25, 0.3) is 0 Å². The fourth-order valence-corrected chi connectivity index (χ4v) is 5.27. The highest BCUT2D eigenvalue weighted by Crippen LogP contribution is 2.29. The summed E-state index contributed by atoms with van der Waals surface area (Å²) in [6, 6.07) is 12.3. The van der Waals surface area contributed by atoms with Crippen molar-refractivity contribution in [3.63, 3.8) is 0 Å². The van der Waals surface area contributed by atoms with Gasteiger partial charge in [0.25, 0.3) is 5.91 Å². The van der Waals surface area contributed by atoms with Crippen molar-refractivity contribution in [1.82, 2.24) is 9.62 Å². The van der Waals surface area contributed by atoms with Crippen LogP contribution in [0.3, 0.4) is 0 Å². The third-order valence-corrected chi connectivity index (χ3v) is 6.98. The maximum absolute atomic E-state index is 13.0. The minimum absolute atomic E-state index is 0.0292. The van der Waals surface area contributed by atoms with Crippen molar-refractivity contribution >= 4 is 15.9 Å². The first-order valence-corrected chi connectivity index (χ1v) is 10.8. The first-order valence-electron chi connectivity index (χ1n) is 9.34. The van der Waals surface area contributed by atoms with Crippen LogP contribution < -0.4 is 10.1 Å². The predicted octanol–water partition coefficient (Wildman–Crippen LogP) is 2.90. The first-order chi connectivity index (χ1) is 13.3. The molecule has 1 amide bonds. The molecule has 7 heteroatoms. The van der Waals surface area contributed by atoms with Crippen molar-refractivity contribution in [2.45, 2.75) is 37.6 Å². The van der Waals surface area contributed by atoms with Gasteiger partial charge < -0.3 is 10.1 Å². The van der Waals surface area contributed by atoms with Crippen LogP contribution in [-0.4, -0.2) is 44.9 Å². The monoisotopic (exact) mass is 402 g/mol. The Bertz CT molecular complexity index is 927. The zero-order chi connectivity index (χ0) is 20.3. The maximum Gasteiger partial charge on any atom is 0.251 e. The number of amides is 1. The lowest BCUT2D eigenvalue weighted by Gasteiger charge is -2.31. The summed E-state index contributed by atoms with van der Waals surface area (Å²) in [5.74, 6) is 0.588. The van der Waals surface area contributed by atoms with E-state index in [1.807, 2.05) is 32.0 Å². The van der Waals surface area contributed by atoms with Crippen LogP contribution in [0.4, 0.5) is 0 Å². The zero-order valence-corrected chi connectivity index (χ0v) is 17.3. The number of hydrogen-bond donors (Lipinski definition) is 1. The Kier molecular flexibility index (Phi) is 6.05. The molecule has 0 aromatic heterocycles. The van der Waals surface area contributed by atoms with Crippen molar-refractivity contribution < 1.29 is 17.9 Å². The van der Waals surface area contributed by atoms with Crippen molar-refractivity contribution in [3.8, 4) is 5.75 Å². The molecule has 0 saturated carbocycles. The average molecular weight is 403 g/mol. The molecule has 28 heavy (non-hydrogen) atoms. The number of nitrogens with one attached hydrogen (secondary N) is 1. The summed E-state index contributed by atoms with van der Waals surface area (Å²) >= 11 is 0. The Labute approximate surface area is 166 Å². The number of carbonyl (C=O) groups is 1. The number of rotatable bonds is 5. The quantitative estimate of drug-likeness (QED) is 0.834. The van der Waals surface area contributed by atoms with E-state index in [4.69, 9.17) is 4.74 Å². The smallest absolute Gasteiger partial charge is 0.251 e. The van der Waals surface area contributed by atoms with Gasteiger partial charge in [0.15, 0.2) is 0 Å². The largest absolute Gasteiger partial charge is 0.496 e. The van der Waals surface area contributed by atoms with Crippen LogP contribution in [0.2, 0.25) is 0 Å². The molecule has 2 aromatic rings. The van der Waals surface area contributed by atoms with Crippen molar-refractivity contribution in [3.05, 3.63) is 59.2 Å². The minimum atomic E-state index is -3.57. The average Bonchev–Trinajstić information content (AvgIpc) is 2.69. The number of sulfonamides is 1. The third-order valence-electron chi connectivity index (χ3n) is 5.10. The van der Waals surface area contributed by atoms with Gasteiger partial charge in [-0.15, -0.1) is 0 Å². The second kappa shape index (κ2) is 8.32. The van der Waals surface area contributed by atoms with Crippen molar-refractivity contribution in [2.75, 3.05) is 20.2 Å². The standard InChI is InChI=1S/C21H26N2O4S/c1-15-13-19(14-16(2)20(15)27-3)28(25,26)23-11-9-18(10-12-23)22-21(24)17-7-5-4-6-8-17/h4-8,13-14,18H,9-12H2,1-3H3,(H,22,24). The van der Waals surface area contributed by atoms with Crippen LogP contribution in [0.15, 0.2) is 47.4 Å². The number of methoxy groups -OCH3 is 1. The zero-order valence-electron chi connectivity index (χ0n) is 16.4. The van der Waals surface area contributed by atoms with Crippen molar-refractivity contribution in [2.24, 2.45) is 0 Å². The van der Waals surface area contributed by atoms with Gasteiger partial charge in [0.1, 0.15) is 5.75 Å². The molecule has 1 aliphatic heterocycles. The van der Waals surface area contributed by atoms with E-state index in [9.17, 15) is 13.2 Å². The number of ether oxygens (including phenoxy) is 1. The number of benzene rings is 2. The normalized spacial score (nSPS) is 16.0. The van der Waals surface area contributed by atoms with E-state index in [0.717, 1.165) is 11.1 Å². The number of aryl methyl sites for hydroxylation is 2. The molecule has 0 radical (unpaired) electrons. The van der Waals surface area contributed by atoms with Gasteiger partial charge in [-0.05, 0) is 62.1 Å². The SMILES string of the molecule is COc1c(C)cc(S(=O)(=O)N2CCC(NC(=O)c3ccccc3)CC2)cc1C. The van der Waals surface area contributed by atoms with Gasteiger partial charge in [0, 0.05) is 24.7 Å². The maximum atomic E-state index is 13.0. The summed E-state index contributed by atoms with van der Waals surface area (Å²) in [6.07, 6.45) is 1.18. The molecule has 1 fully saturated rings. The molecule has 3 rings (SSSR count). The van der Waals surface area contributed by atoms with Crippen LogP contribution in [-0.2, 0) is 10.0 Å². The Balaban J connectivity index is 1.66. The van der Waals surface area contributed by atoms with Crippen LogP contribution in [0.5, 0.6) is 5.75 Å². The van der Waals surface area contributed by atoms with Gasteiger partial charge in [-0.2, -0.15) is 4.31 Å². The van der Waals surface area contributed by atoms with E-state index in [1.54, 1.807) is 31.4 Å². The van der Waals surface area contributed by atoms with E-state index in [-0.39, 0.29) is 16.8 Å². The number of nitrogens with zero attached hydrogens (tertiary/aromatic N) is 1. The molecule has 0 unspecified atom stereocenters. The Morgan fingerprint density at radius 1 is 1.07 bits per heavy atom. The van der Waals surface area contributed by atoms with Gasteiger partial charge in [-0.1, -0.05) is 18.2 Å².